The van der Waals surface area contributed by atoms with Crippen LogP contribution in [0.15, 0.2) is 0 Å². The molecule has 1 aliphatic carbocycles. The van der Waals surface area contributed by atoms with Gasteiger partial charge in [0.15, 0.2) is 0 Å². The Balaban J connectivity index is 2.01. The molecule has 1 nitrogen and oxygen atoms in total. The molecular formula is C10H21NS. The van der Waals surface area contributed by atoms with Gasteiger partial charge in [0.25, 0.3) is 0 Å². The molecule has 1 rings (SSSR count). The molecule has 0 spiro atoms. The van der Waals surface area contributed by atoms with Gasteiger partial charge in [0.05, 0.1) is 0 Å². The van der Waals surface area contributed by atoms with Crippen molar-refractivity contribution in [3.63, 3.8) is 0 Å². The summed E-state index contributed by atoms with van der Waals surface area (Å²) in [5.74, 6) is 1.36. The van der Waals surface area contributed by atoms with Gasteiger partial charge in [0, 0.05) is 11.3 Å². The second-order valence-electron chi connectivity index (χ2n) is 3.76. The van der Waals surface area contributed by atoms with Crippen LogP contribution in [0.4, 0.5) is 0 Å². The van der Waals surface area contributed by atoms with E-state index in [-0.39, 0.29) is 0 Å². The number of unbranched alkanes of at least 4 members (excludes halogenated alkanes) is 1. The Kier molecular flexibility index (Phi) is 5.08. The fourth-order valence-corrected chi connectivity index (χ4v) is 3.04. The van der Waals surface area contributed by atoms with E-state index in [1.165, 1.54) is 44.3 Å². The first kappa shape index (κ1) is 10.4. The zero-order chi connectivity index (χ0) is 8.81. The molecule has 0 atom stereocenters. The van der Waals surface area contributed by atoms with Crippen LogP contribution in [0.1, 0.15) is 45.4 Å². The van der Waals surface area contributed by atoms with Crippen molar-refractivity contribution in [2.24, 2.45) is 5.73 Å². The van der Waals surface area contributed by atoms with Gasteiger partial charge in [0.2, 0.25) is 0 Å². The first-order valence-corrected chi connectivity index (χ1v) is 6.25. The lowest BCUT2D eigenvalue weighted by molar-refractivity contribution is 0.450. The van der Waals surface area contributed by atoms with Crippen molar-refractivity contribution < 1.29 is 0 Å². The topological polar surface area (TPSA) is 26.0 Å². The molecule has 1 aliphatic rings. The predicted molar refractivity (Wildman–Crippen MR) is 57.6 cm³/mol. The van der Waals surface area contributed by atoms with Gasteiger partial charge < -0.3 is 5.73 Å². The lowest BCUT2D eigenvalue weighted by atomic mass is 9.96. The number of rotatable bonds is 4. The lowest BCUT2D eigenvalue weighted by Gasteiger charge is -2.25. The van der Waals surface area contributed by atoms with Crippen molar-refractivity contribution in [2.75, 3.05) is 5.75 Å². The number of hydrogen-bond donors (Lipinski definition) is 1. The minimum atomic E-state index is 0.507. The summed E-state index contributed by atoms with van der Waals surface area (Å²) < 4.78 is 0. The second-order valence-corrected chi connectivity index (χ2v) is 5.17. The van der Waals surface area contributed by atoms with Gasteiger partial charge in [-0.3, -0.25) is 0 Å². The minimum Gasteiger partial charge on any atom is -0.328 e. The molecule has 0 aromatic rings. The molecule has 72 valence electrons. The Hall–Kier alpha value is 0.310. The highest BCUT2D eigenvalue weighted by Gasteiger charge is 2.17. The molecule has 0 bridgehead atoms. The van der Waals surface area contributed by atoms with Gasteiger partial charge in [-0.1, -0.05) is 13.3 Å². The molecule has 2 N–H and O–H groups in total. The van der Waals surface area contributed by atoms with E-state index in [1.807, 2.05) is 0 Å². The van der Waals surface area contributed by atoms with Crippen molar-refractivity contribution in [2.45, 2.75) is 56.7 Å². The molecule has 12 heavy (non-hydrogen) atoms. The zero-order valence-corrected chi connectivity index (χ0v) is 8.91. The van der Waals surface area contributed by atoms with E-state index in [4.69, 9.17) is 5.73 Å². The lowest BCUT2D eigenvalue weighted by Crippen LogP contribution is -2.27. The summed E-state index contributed by atoms with van der Waals surface area (Å²) in [6.45, 7) is 2.26. The highest BCUT2D eigenvalue weighted by atomic mass is 32.2. The van der Waals surface area contributed by atoms with E-state index in [0.717, 1.165) is 5.25 Å². The SMILES string of the molecule is CCCCSC1CCC(N)CC1. The molecule has 0 unspecified atom stereocenters. The van der Waals surface area contributed by atoms with Gasteiger partial charge in [-0.05, 0) is 37.9 Å². The standard InChI is InChI=1S/C10H21NS/c1-2-3-8-12-10-6-4-9(11)5-7-10/h9-10H,2-8,11H2,1H3. The van der Waals surface area contributed by atoms with Crippen LogP contribution in [0.2, 0.25) is 0 Å². The van der Waals surface area contributed by atoms with Crippen LogP contribution in [0.5, 0.6) is 0 Å². The summed E-state index contributed by atoms with van der Waals surface area (Å²) in [5.41, 5.74) is 5.84. The molecular weight excluding hydrogens is 166 g/mol. The zero-order valence-electron chi connectivity index (χ0n) is 8.09. The second kappa shape index (κ2) is 5.87. The molecule has 1 saturated carbocycles. The van der Waals surface area contributed by atoms with Crippen LogP contribution in [0, 0.1) is 0 Å². The maximum Gasteiger partial charge on any atom is 0.00482 e. The number of nitrogens with two attached hydrogens (primary N) is 1. The van der Waals surface area contributed by atoms with E-state index < -0.39 is 0 Å². The molecule has 1 fully saturated rings. The Morgan fingerprint density at radius 1 is 1.25 bits per heavy atom. The van der Waals surface area contributed by atoms with Crippen molar-refractivity contribution in [3.05, 3.63) is 0 Å². The summed E-state index contributed by atoms with van der Waals surface area (Å²) in [6.07, 6.45) is 7.94. The highest BCUT2D eigenvalue weighted by molar-refractivity contribution is 7.99. The Morgan fingerprint density at radius 2 is 1.92 bits per heavy atom. The smallest absolute Gasteiger partial charge is 0.00482 e. The summed E-state index contributed by atoms with van der Waals surface area (Å²) in [5, 5.41) is 0.927. The third-order valence-electron chi connectivity index (χ3n) is 2.57. The average molecular weight is 187 g/mol. The van der Waals surface area contributed by atoms with Gasteiger partial charge in [0.1, 0.15) is 0 Å². The van der Waals surface area contributed by atoms with Gasteiger partial charge in [-0.15, -0.1) is 0 Å². The summed E-state index contributed by atoms with van der Waals surface area (Å²) >= 11 is 2.17. The predicted octanol–water partition coefficient (Wildman–Crippen LogP) is 2.79. The largest absolute Gasteiger partial charge is 0.328 e. The maximum absolute atomic E-state index is 5.84. The number of thioether (sulfide) groups is 1. The van der Waals surface area contributed by atoms with Crippen LogP contribution in [0.25, 0.3) is 0 Å². The molecule has 2 heteroatoms. The van der Waals surface area contributed by atoms with E-state index in [2.05, 4.69) is 18.7 Å². The van der Waals surface area contributed by atoms with E-state index >= 15 is 0 Å². The van der Waals surface area contributed by atoms with Crippen molar-refractivity contribution in [3.8, 4) is 0 Å². The summed E-state index contributed by atoms with van der Waals surface area (Å²) in [6, 6.07) is 0.507. The molecule has 0 aromatic heterocycles. The normalized spacial score (nSPS) is 30.5. The molecule has 0 aliphatic heterocycles. The maximum atomic E-state index is 5.84. The van der Waals surface area contributed by atoms with Gasteiger partial charge >= 0.3 is 0 Å². The summed E-state index contributed by atoms with van der Waals surface area (Å²) in [4.78, 5) is 0. The van der Waals surface area contributed by atoms with Gasteiger partial charge in [-0.25, -0.2) is 0 Å². The minimum absolute atomic E-state index is 0.507. The molecule has 0 saturated heterocycles. The molecule has 0 aromatic carbocycles. The van der Waals surface area contributed by atoms with Crippen LogP contribution in [-0.4, -0.2) is 17.0 Å². The van der Waals surface area contributed by atoms with Crippen molar-refractivity contribution in [1.82, 2.24) is 0 Å². The first-order chi connectivity index (χ1) is 5.83. The van der Waals surface area contributed by atoms with Crippen LogP contribution in [-0.2, 0) is 0 Å². The Bertz CT molecular complexity index is 108. The van der Waals surface area contributed by atoms with Crippen molar-refractivity contribution >= 4 is 11.8 Å². The average Bonchev–Trinajstić information content (AvgIpc) is 2.09. The quantitative estimate of drug-likeness (QED) is 0.685. The third kappa shape index (κ3) is 3.81. The third-order valence-corrected chi connectivity index (χ3v) is 4.04. The molecule has 0 radical (unpaired) electrons. The van der Waals surface area contributed by atoms with Crippen LogP contribution >= 0.6 is 11.8 Å². The monoisotopic (exact) mass is 187 g/mol. The number of hydrogen-bond acceptors (Lipinski definition) is 2. The highest BCUT2D eigenvalue weighted by Crippen LogP contribution is 2.28. The fourth-order valence-electron chi connectivity index (χ4n) is 1.65. The molecule has 0 amide bonds. The van der Waals surface area contributed by atoms with E-state index in [0.29, 0.717) is 6.04 Å². The van der Waals surface area contributed by atoms with Crippen LogP contribution < -0.4 is 5.73 Å². The molecule has 0 heterocycles. The van der Waals surface area contributed by atoms with Gasteiger partial charge in [-0.2, -0.15) is 11.8 Å². The Labute approximate surface area is 80.5 Å². The van der Waals surface area contributed by atoms with Crippen molar-refractivity contribution in [1.29, 1.82) is 0 Å². The first-order valence-electron chi connectivity index (χ1n) is 5.20. The van der Waals surface area contributed by atoms with Crippen LogP contribution in [0.3, 0.4) is 0 Å². The van der Waals surface area contributed by atoms with E-state index in [9.17, 15) is 0 Å². The fraction of sp³-hybridized carbons (Fsp3) is 1.00. The van der Waals surface area contributed by atoms with E-state index in [1.54, 1.807) is 0 Å². The summed E-state index contributed by atoms with van der Waals surface area (Å²) in [7, 11) is 0. The Morgan fingerprint density at radius 3 is 2.50 bits per heavy atom.